The fraction of sp³-hybridized carbons (Fsp3) is 0.873. The predicted octanol–water partition coefficient (Wildman–Crippen LogP) is 19.2. The molecule has 0 spiro atoms. The van der Waals surface area contributed by atoms with Crippen molar-refractivity contribution in [3.05, 3.63) is 36.5 Å². The first-order chi connectivity index (χ1) is 34.0. The molecular formula is C63H119NO5. The number of allylic oxidation sites excluding steroid dienone is 6. The van der Waals surface area contributed by atoms with E-state index in [1.165, 1.54) is 244 Å². The highest BCUT2D eigenvalue weighted by molar-refractivity contribution is 5.76. The fourth-order valence-corrected chi connectivity index (χ4v) is 9.43. The molecule has 69 heavy (non-hydrogen) atoms. The highest BCUT2D eigenvalue weighted by atomic mass is 16.5. The summed E-state index contributed by atoms with van der Waals surface area (Å²) in [5.74, 6) is -0.0335. The highest BCUT2D eigenvalue weighted by Gasteiger charge is 2.20. The molecule has 406 valence electrons. The van der Waals surface area contributed by atoms with Crippen LogP contribution >= 0.6 is 0 Å². The lowest BCUT2D eigenvalue weighted by Crippen LogP contribution is -2.45. The largest absolute Gasteiger partial charge is 0.466 e. The molecule has 0 aromatic rings. The van der Waals surface area contributed by atoms with Gasteiger partial charge in [0.15, 0.2) is 0 Å². The van der Waals surface area contributed by atoms with E-state index in [2.05, 4.69) is 55.6 Å². The van der Waals surface area contributed by atoms with Crippen LogP contribution < -0.4 is 5.32 Å². The number of nitrogens with one attached hydrogen (secondary N) is 1. The quantitative estimate of drug-likeness (QED) is 0.0321. The number of carbonyl (C=O) groups excluding carboxylic acids is 2. The van der Waals surface area contributed by atoms with Gasteiger partial charge in [0.2, 0.25) is 5.91 Å². The maximum Gasteiger partial charge on any atom is 0.305 e. The summed E-state index contributed by atoms with van der Waals surface area (Å²) in [5, 5.41) is 23.1. The lowest BCUT2D eigenvalue weighted by molar-refractivity contribution is -0.143. The average Bonchev–Trinajstić information content (AvgIpc) is 3.35. The molecule has 0 heterocycles. The zero-order valence-corrected chi connectivity index (χ0v) is 46.3. The predicted molar refractivity (Wildman–Crippen MR) is 301 cm³/mol. The van der Waals surface area contributed by atoms with Crippen LogP contribution in [0, 0.1) is 0 Å². The first-order valence-electron chi connectivity index (χ1n) is 30.7. The molecule has 0 aromatic carbocycles. The van der Waals surface area contributed by atoms with E-state index in [4.69, 9.17) is 4.74 Å². The molecule has 2 atom stereocenters. The Hall–Kier alpha value is -1.92. The summed E-state index contributed by atoms with van der Waals surface area (Å²) in [7, 11) is 0. The normalized spacial score (nSPS) is 12.8. The Kier molecular flexibility index (Phi) is 57.0. The average molecular weight is 971 g/mol. The summed E-state index contributed by atoms with van der Waals surface area (Å²) in [6.45, 7) is 4.91. The number of aliphatic hydroxyl groups excluding tert-OH is 2. The van der Waals surface area contributed by atoms with Gasteiger partial charge in [-0.05, 0) is 83.5 Å². The fourth-order valence-electron chi connectivity index (χ4n) is 9.43. The molecular weight excluding hydrogens is 851 g/mol. The van der Waals surface area contributed by atoms with E-state index in [0.29, 0.717) is 25.9 Å². The van der Waals surface area contributed by atoms with Crippen LogP contribution in [-0.4, -0.2) is 47.4 Å². The minimum absolute atomic E-state index is 0.00278. The molecule has 0 rings (SSSR count). The van der Waals surface area contributed by atoms with Gasteiger partial charge >= 0.3 is 5.97 Å². The Bertz CT molecular complexity index is 1120. The van der Waals surface area contributed by atoms with Crippen LogP contribution in [0.3, 0.4) is 0 Å². The Morgan fingerprint density at radius 3 is 1.14 bits per heavy atom. The molecule has 0 saturated carbocycles. The molecule has 3 N–H and O–H groups in total. The first-order valence-corrected chi connectivity index (χ1v) is 30.7. The number of carbonyl (C=O) groups is 2. The van der Waals surface area contributed by atoms with Crippen molar-refractivity contribution in [1.82, 2.24) is 5.32 Å². The molecule has 0 fully saturated rings. The molecule has 0 radical (unpaired) electrons. The third-order valence-corrected chi connectivity index (χ3v) is 14.2. The number of hydrogen-bond donors (Lipinski definition) is 3. The maximum atomic E-state index is 12.4. The summed E-state index contributed by atoms with van der Waals surface area (Å²) < 4.78 is 5.46. The molecule has 6 nitrogen and oxygen atoms in total. The van der Waals surface area contributed by atoms with Crippen molar-refractivity contribution >= 4 is 11.9 Å². The van der Waals surface area contributed by atoms with E-state index in [1.807, 2.05) is 0 Å². The molecule has 0 bridgehead atoms. The number of unbranched alkanes of at least 4 members (excludes halogenated alkanes) is 40. The lowest BCUT2D eigenvalue weighted by Gasteiger charge is -2.22. The molecule has 0 aliphatic carbocycles. The van der Waals surface area contributed by atoms with Gasteiger partial charge in [-0.25, -0.2) is 0 Å². The van der Waals surface area contributed by atoms with Gasteiger partial charge in [0, 0.05) is 12.8 Å². The summed E-state index contributed by atoms with van der Waals surface area (Å²) in [5.41, 5.74) is 0. The number of hydrogen-bond acceptors (Lipinski definition) is 5. The van der Waals surface area contributed by atoms with Crippen LogP contribution in [0.1, 0.15) is 328 Å². The van der Waals surface area contributed by atoms with Crippen molar-refractivity contribution in [1.29, 1.82) is 0 Å². The number of esters is 1. The Morgan fingerprint density at radius 2 is 0.725 bits per heavy atom. The zero-order valence-electron chi connectivity index (χ0n) is 46.3. The molecule has 0 saturated heterocycles. The monoisotopic (exact) mass is 970 g/mol. The Labute approximate surface area is 430 Å². The van der Waals surface area contributed by atoms with Crippen molar-refractivity contribution in [2.75, 3.05) is 13.2 Å². The van der Waals surface area contributed by atoms with Crippen molar-refractivity contribution in [2.24, 2.45) is 0 Å². The van der Waals surface area contributed by atoms with Gasteiger partial charge in [-0.15, -0.1) is 0 Å². The van der Waals surface area contributed by atoms with E-state index in [-0.39, 0.29) is 18.5 Å². The number of ether oxygens (including phenoxy) is 1. The number of amides is 1. The standard InChI is InChI=1S/C63H119NO5/c1-3-5-7-9-11-13-14-37-41-45-49-53-57-63(68)69-58-54-50-46-42-38-35-33-31-29-27-25-23-21-19-17-15-16-18-20-22-24-26-28-30-32-34-36-40-44-48-52-56-62(67)64-60(59-65)61(66)55-51-47-43-39-12-10-8-6-4-2/h11,13,17,19,23,25,60-61,65-66H,3-10,12,14-16,18,20-22,24,26-59H2,1-2H3,(H,64,67)/b13-11-,19-17-,25-23-. The number of aliphatic hydroxyl groups is 2. The smallest absolute Gasteiger partial charge is 0.305 e. The second kappa shape index (κ2) is 58.6. The highest BCUT2D eigenvalue weighted by Crippen LogP contribution is 2.17. The van der Waals surface area contributed by atoms with E-state index >= 15 is 0 Å². The first kappa shape index (κ1) is 67.1. The van der Waals surface area contributed by atoms with Gasteiger partial charge in [0.25, 0.3) is 0 Å². The molecule has 0 aromatic heterocycles. The van der Waals surface area contributed by atoms with Gasteiger partial charge < -0.3 is 20.3 Å². The zero-order chi connectivity index (χ0) is 50.0. The summed E-state index contributed by atoms with van der Waals surface area (Å²) in [4.78, 5) is 24.4. The SMILES string of the molecule is CCCCC/C=C\CCCCCCCC(=O)OCCCCCCCCCCC/C=C\C/C=C\CCCCCCCCCCCCCCCCCC(=O)NC(CO)C(O)CCCCCCCCCCC. The molecule has 0 aliphatic heterocycles. The van der Waals surface area contributed by atoms with Crippen molar-refractivity contribution < 1.29 is 24.5 Å². The third kappa shape index (κ3) is 55.2. The molecule has 6 heteroatoms. The summed E-state index contributed by atoms with van der Waals surface area (Å²) in [6, 6.07) is -0.539. The summed E-state index contributed by atoms with van der Waals surface area (Å²) in [6.07, 6.45) is 73.2. The second-order valence-corrected chi connectivity index (χ2v) is 21.0. The molecule has 0 aliphatic rings. The topological polar surface area (TPSA) is 95.9 Å². The van der Waals surface area contributed by atoms with Crippen LogP contribution in [-0.2, 0) is 14.3 Å². The van der Waals surface area contributed by atoms with E-state index in [1.54, 1.807) is 0 Å². The minimum atomic E-state index is -0.661. The van der Waals surface area contributed by atoms with Crippen LogP contribution in [0.15, 0.2) is 36.5 Å². The van der Waals surface area contributed by atoms with Crippen LogP contribution in [0.25, 0.3) is 0 Å². The van der Waals surface area contributed by atoms with Crippen LogP contribution in [0.4, 0.5) is 0 Å². The van der Waals surface area contributed by atoms with Crippen molar-refractivity contribution in [2.45, 2.75) is 341 Å². The van der Waals surface area contributed by atoms with E-state index < -0.39 is 12.1 Å². The minimum Gasteiger partial charge on any atom is -0.466 e. The van der Waals surface area contributed by atoms with Crippen molar-refractivity contribution in [3.8, 4) is 0 Å². The third-order valence-electron chi connectivity index (χ3n) is 14.2. The van der Waals surface area contributed by atoms with Crippen LogP contribution in [0.2, 0.25) is 0 Å². The molecule has 2 unspecified atom stereocenters. The second-order valence-electron chi connectivity index (χ2n) is 21.0. The van der Waals surface area contributed by atoms with E-state index in [0.717, 1.165) is 51.4 Å². The van der Waals surface area contributed by atoms with E-state index in [9.17, 15) is 19.8 Å². The van der Waals surface area contributed by atoms with Crippen LogP contribution in [0.5, 0.6) is 0 Å². The van der Waals surface area contributed by atoms with Gasteiger partial charge in [-0.1, -0.05) is 269 Å². The van der Waals surface area contributed by atoms with Gasteiger partial charge in [0.1, 0.15) is 0 Å². The Balaban J connectivity index is 3.37. The lowest BCUT2D eigenvalue weighted by atomic mass is 10.0. The van der Waals surface area contributed by atoms with Gasteiger partial charge in [-0.3, -0.25) is 9.59 Å². The van der Waals surface area contributed by atoms with Crippen molar-refractivity contribution in [3.63, 3.8) is 0 Å². The van der Waals surface area contributed by atoms with Gasteiger partial charge in [-0.2, -0.15) is 0 Å². The Morgan fingerprint density at radius 1 is 0.406 bits per heavy atom. The molecule has 1 amide bonds. The van der Waals surface area contributed by atoms with Gasteiger partial charge in [0.05, 0.1) is 25.4 Å². The summed E-state index contributed by atoms with van der Waals surface area (Å²) >= 11 is 0. The number of rotatable bonds is 57. The maximum absolute atomic E-state index is 12.4.